The van der Waals surface area contributed by atoms with E-state index in [1.165, 1.54) is 17.5 Å². The molecule has 2 aliphatic rings. The second-order valence-electron chi connectivity index (χ2n) is 6.26. The first-order valence-corrected chi connectivity index (χ1v) is 10.1. The zero-order valence-electron chi connectivity index (χ0n) is 14.1. The Labute approximate surface area is 158 Å². The van der Waals surface area contributed by atoms with Crippen LogP contribution in [0.15, 0.2) is 22.8 Å². The summed E-state index contributed by atoms with van der Waals surface area (Å²) in [5, 5.41) is 5.95. The number of amidine groups is 1. The van der Waals surface area contributed by atoms with Gasteiger partial charge in [-0.3, -0.25) is 9.78 Å². The fourth-order valence-corrected chi connectivity index (χ4v) is 5.08. The summed E-state index contributed by atoms with van der Waals surface area (Å²) < 4.78 is 5.71. The molecule has 3 N–H and O–H groups in total. The summed E-state index contributed by atoms with van der Waals surface area (Å²) in [5.41, 5.74) is 6.44. The van der Waals surface area contributed by atoms with Crippen LogP contribution in [0.1, 0.15) is 27.6 Å². The molecule has 10 heteroatoms. The Morgan fingerprint density at radius 2 is 2.31 bits per heavy atom. The Morgan fingerprint density at radius 3 is 3.12 bits per heavy atom. The van der Waals surface area contributed by atoms with Crippen LogP contribution >= 0.6 is 23.1 Å². The number of thioether (sulfide) groups is 1. The van der Waals surface area contributed by atoms with Gasteiger partial charge in [-0.25, -0.2) is 15.0 Å². The number of amides is 1. The van der Waals surface area contributed by atoms with Gasteiger partial charge in [0.2, 0.25) is 0 Å². The van der Waals surface area contributed by atoms with E-state index in [2.05, 4.69) is 20.3 Å². The average Bonchev–Trinajstić information content (AvgIpc) is 3.11. The van der Waals surface area contributed by atoms with Crippen molar-refractivity contribution in [1.82, 2.24) is 15.0 Å². The van der Waals surface area contributed by atoms with Crippen LogP contribution < -0.4 is 11.1 Å². The molecule has 2 aromatic heterocycles. The maximum absolute atomic E-state index is 12.3. The third kappa shape index (κ3) is 3.19. The number of hydrogen-bond acceptors (Lipinski definition) is 9. The summed E-state index contributed by atoms with van der Waals surface area (Å²) in [6, 6.07) is 0. The van der Waals surface area contributed by atoms with Crippen LogP contribution in [0, 0.1) is 12.8 Å². The maximum Gasteiger partial charge on any atom is 0.277 e. The first-order chi connectivity index (χ1) is 12.6. The van der Waals surface area contributed by atoms with E-state index in [9.17, 15) is 4.79 Å². The maximum atomic E-state index is 12.3. The first-order valence-electron chi connectivity index (χ1n) is 8.19. The number of nitrogens with zero attached hydrogens (tertiary/aromatic N) is 4. The Bertz CT molecular complexity index is 853. The lowest BCUT2D eigenvalue weighted by atomic mass is 9.82. The zero-order valence-corrected chi connectivity index (χ0v) is 15.8. The van der Waals surface area contributed by atoms with Crippen LogP contribution in [-0.2, 0) is 10.3 Å². The smallest absolute Gasteiger partial charge is 0.277 e. The van der Waals surface area contributed by atoms with Gasteiger partial charge in [-0.2, -0.15) is 0 Å². The van der Waals surface area contributed by atoms with Gasteiger partial charge in [-0.05, 0) is 13.3 Å². The summed E-state index contributed by atoms with van der Waals surface area (Å²) in [6.45, 7) is 3.00. The van der Waals surface area contributed by atoms with Crippen molar-refractivity contribution in [3.63, 3.8) is 0 Å². The molecule has 0 aliphatic carbocycles. The zero-order chi connectivity index (χ0) is 18.1. The number of rotatable bonds is 3. The summed E-state index contributed by atoms with van der Waals surface area (Å²) in [7, 11) is 0. The number of aliphatic imine (C=N–C) groups is 1. The molecular weight excluding hydrogens is 372 g/mol. The van der Waals surface area contributed by atoms with Crippen LogP contribution in [0.2, 0.25) is 0 Å². The molecule has 0 saturated carbocycles. The fraction of sp³-hybridized carbons (Fsp3) is 0.438. The van der Waals surface area contributed by atoms with Crippen molar-refractivity contribution in [3.05, 3.63) is 34.2 Å². The lowest BCUT2D eigenvalue weighted by Crippen LogP contribution is -2.47. The molecule has 1 fully saturated rings. The highest BCUT2D eigenvalue weighted by Gasteiger charge is 2.47. The number of ether oxygens (including phenoxy) is 1. The highest BCUT2D eigenvalue weighted by molar-refractivity contribution is 8.13. The third-order valence-corrected chi connectivity index (χ3v) is 6.45. The quantitative estimate of drug-likeness (QED) is 0.821. The molecule has 26 heavy (non-hydrogen) atoms. The number of nitrogens with one attached hydrogen (secondary N) is 1. The lowest BCUT2D eigenvalue weighted by Gasteiger charge is -2.41. The normalized spacial score (nSPS) is 25.3. The molecule has 8 nitrogen and oxygen atoms in total. The summed E-state index contributed by atoms with van der Waals surface area (Å²) >= 11 is 3.04. The third-order valence-electron chi connectivity index (χ3n) is 4.48. The number of carbonyl (C=O) groups is 1. The number of anilines is 1. The van der Waals surface area contributed by atoms with Gasteiger partial charge in [0.05, 0.1) is 18.5 Å². The average molecular weight is 390 g/mol. The van der Waals surface area contributed by atoms with Gasteiger partial charge in [0.25, 0.3) is 5.91 Å². The summed E-state index contributed by atoms with van der Waals surface area (Å²) in [5.74, 6) is 1.36. The Hall–Kier alpha value is -2.04. The van der Waals surface area contributed by atoms with Gasteiger partial charge < -0.3 is 15.8 Å². The van der Waals surface area contributed by atoms with Gasteiger partial charge in [0, 0.05) is 29.9 Å². The Kier molecular flexibility index (Phi) is 4.63. The topological polar surface area (TPSA) is 115 Å². The number of fused-ring (bicyclic) bond motifs is 1. The second kappa shape index (κ2) is 6.93. The van der Waals surface area contributed by atoms with Gasteiger partial charge in [-0.15, -0.1) is 11.3 Å². The van der Waals surface area contributed by atoms with E-state index in [0.717, 1.165) is 29.5 Å². The Morgan fingerprint density at radius 1 is 1.42 bits per heavy atom. The largest absolute Gasteiger partial charge is 0.379 e. The van der Waals surface area contributed by atoms with Crippen molar-refractivity contribution >= 4 is 40.0 Å². The van der Waals surface area contributed by atoms with E-state index in [4.69, 9.17) is 15.5 Å². The molecule has 4 heterocycles. The molecule has 136 valence electrons. The second-order valence-corrected chi connectivity index (χ2v) is 8.16. The minimum atomic E-state index is -0.551. The van der Waals surface area contributed by atoms with Crippen molar-refractivity contribution in [2.45, 2.75) is 18.9 Å². The molecular formula is C16H18N6O2S2. The van der Waals surface area contributed by atoms with Gasteiger partial charge >= 0.3 is 0 Å². The van der Waals surface area contributed by atoms with Crippen LogP contribution in [0.4, 0.5) is 5.82 Å². The molecule has 2 atom stereocenters. The fourth-order valence-electron chi connectivity index (χ4n) is 3.07. The number of aryl methyl sites for hydroxylation is 1. The molecule has 1 amide bonds. The first kappa shape index (κ1) is 17.4. The molecule has 4 rings (SSSR count). The van der Waals surface area contributed by atoms with E-state index < -0.39 is 5.54 Å². The molecule has 1 saturated heterocycles. The van der Waals surface area contributed by atoms with Crippen molar-refractivity contribution < 1.29 is 9.53 Å². The van der Waals surface area contributed by atoms with Gasteiger partial charge in [0.1, 0.15) is 22.1 Å². The summed E-state index contributed by atoms with van der Waals surface area (Å²) in [4.78, 5) is 29.8. The van der Waals surface area contributed by atoms with Crippen LogP contribution in [0.25, 0.3) is 0 Å². The number of aromatic nitrogens is 3. The predicted molar refractivity (Wildman–Crippen MR) is 102 cm³/mol. The molecule has 0 radical (unpaired) electrons. The number of thiazole rings is 1. The van der Waals surface area contributed by atoms with Crippen molar-refractivity contribution in [2.24, 2.45) is 16.6 Å². The van der Waals surface area contributed by atoms with E-state index in [1.807, 2.05) is 12.3 Å². The SMILES string of the molecule is Cc1cnc(C(=O)Nc2csc(C34COCCC3CSC(N)=N4)n2)cn1. The van der Waals surface area contributed by atoms with Crippen LogP contribution in [0.5, 0.6) is 0 Å². The lowest BCUT2D eigenvalue weighted by molar-refractivity contribution is 0.00448. The highest BCUT2D eigenvalue weighted by Crippen LogP contribution is 2.45. The van der Waals surface area contributed by atoms with Crippen LogP contribution in [0.3, 0.4) is 0 Å². The molecule has 0 spiro atoms. The number of nitrogens with two attached hydrogens (primary N) is 1. The van der Waals surface area contributed by atoms with Crippen molar-refractivity contribution in [3.8, 4) is 0 Å². The minimum Gasteiger partial charge on any atom is -0.379 e. The molecule has 0 bridgehead atoms. The molecule has 2 aromatic rings. The van der Waals surface area contributed by atoms with E-state index in [1.54, 1.807) is 18.0 Å². The number of hydrogen-bond donors (Lipinski definition) is 2. The standard InChI is InChI=1S/C16H18N6O2S2/c1-9-4-19-11(5-18-9)13(23)20-12-7-25-14(21-12)16-8-24-3-2-10(16)6-26-15(17)22-16/h4-5,7,10H,2-3,6,8H2,1H3,(H2,17,22)(H,20,23). The minimum absolute atomic E-state index is 0.249. The number of carbonyl (C=O) groups excluding carboxylic acids is 1. The Balaban J connectivity index is 1.58. The molecule has 2 unspecified atom stereocenters. The van der Waals surface area contributed by atoms with Gasteiger partial charge in [0.15, 0.2) is 5.17 Å². The monoisotopic (exact) mass is 390 g/mol. The van der Waals surface area contributed by atoms with Crippen molar-refractivity contribution in [1.29, 1.82) is 0 Å². The van der Waals surface area contributed by atoms with E-state index >= 15 is 0 Å². The highest BCUT2D eigenvalue weighted by atomic mass is 32.2. The van der Waals surface area contributed by atoms with Gasteiger partial charge in [-0.1, -0.05) is 11.8 Å². The summed E-state index contributed by atoms with van der Waals surface area (Å²) in [6.07, 6.45) is 3.93. The molecule has 2 aliphatic heterocycles. The van der Waals surface area contributed by atoms with E-state index in [-0.39, 0.29) is 11.6 Å². The van der Waals surface area contributed by atoms with Crippen molar-refractivity contribution in [2.75, 3.05) is 24.3 Å². The van der Waals surface area contributed by atoms with Crippen LogP contribution in [-0.4, -0.2) is 45.0 Å². The van der Waals surface area contributed by atoms with E-state index in [0.29, 0.717) is 23.5 Å². The predicted octanol–water partition coefficient (Wildman–Crippen LogP) is 1.79. The molecule has 0 aromatic carbocycles.